The molecular weight excluding hydrogens is 192 g/mol. The van der Waals surface area contributed by atoms with E-state index < -0.39 is 0 Å². The number of aromatic amines is 1. The Kier molecular flexibility index (Phi) is 4.30. The van der Waals surface area contributed by atoms with Crippen molar-refractivity contribution in [3.05, 3.63) is 17.0 Å². The maximum absolute atomic E-state index is 11.5. The van der Waals surface area contributed by atoms with E-state index in [0.29, 0.717) is 5.56 Å². The van der Waals surface area contributed by atoms with Gasteiger partial charge >= 0.3 is 0 Å². The van der Waals surface area contributed by atoms with Crippen molar-refractivity contribution >= 4 is 5.91 Å². The third kappa shape index (κ3) is 2.79. The Balaban J connectivity index is 2.75. The zero-order valence-corrected chi connectivity index (χ0v) is 9.26. The molecule has 0 aliphatic rings. The van der Waals surface area contributed by atoms with Gasteiger partial charge in [0.25, 0.3) is 5.91 Å². The van der Waals surface area contributed by atoms with Gasteiger partial charge in [-0.15, -0.1) is 0 Å². The molecule has 0 atom stereocenters. The van der Waals surface area contributed by atoms with Crippen LogP contribution in [0.15, 0.2) is 0 Å². The number of nitrogens with one attached hydrogen (secondary N) is 2. The number of nitrogens with zero attached hydrogens (tertiary/aromatic N) is 1. The molecule has 5 nitrogen and oxygen atoms in total. The van der Waals surface area contributed by atoms with Gasteiger partial charge in [0.2, 0.25) is 0 Å². The summed E-state index contributed by atoms with van der Waals surface area (Å²) in [7, 11) is 0. The first-order valence-corrected chi connectivity index (χ1v) is 5.25. The number of aryl methyl sites for hydroxylation is 2. The summed E-state index contributed by atoms with van der Waals surface area (Å²) in [6.07, 6.45) is 4.17. The first-order chi connectivity index (χ1) is 7.20. The lowest BCUT2D eigenvalue weighted by molar-refractivity contribution is 0.0952. The zero-order valence-electron chi connectivity index (χ0n) is 9.26. The van der Waals surface area contributed by atoms with Crippen molar-refractivity contribution in [2.24, 2.45) is 5.84 Å². The largest absolute Gasteiger partial charge is 0.290 e. The van der Waals surface area contributed by atoms with Gasteiger partial charge in [0.05, 0.1) is 11.3 Å². The number of nitrogen functional groups attached to an aromatic ring is 1. The minimum Gasteiger partial charge on any atom is -0.290 e. The lowest BCUT2D eigenvalue weighted by atomic mass is 10.1. The highest BCUT2D eigenvalue weighted by atomic mass is 16.2. The van der Waals surface area contributed by atoms with E-state index in [0.717, 1.165) is 37.1 Å². The number of amides is 1. The number of rotatable bonds is 5. The Bertz CT molecular complexity index is 332. The van der Waals surface area contributed by atoms with E-state index in [-0.39, 0.29) is 5.91 Å². The molecule has 4 N–H and O–H groups in total. The van der Waals surface area contributed by atoms with E-state index in [2.05, 4.69) is 22.5 Å². The van der Waals surface area contributed by atoms with Gasteiger partial charge in [-0.25, -0.2) is 5.84 Å². The van der Waals surface area contributed by atoms with Gasteiger partial charge in [0.15, 0.2) is 0 Å². The smallest absolute Gasteiger partial charge is 0.268 e. The number of carbonyl (C=O) groups is 1. The second kappa shape index (κ2) is 5.50. The van der Waals surface area contributed by atoms with Gasteiger partial charge in [-0.2, -0.15) is 5.10 Å². The molecule has 15 heavy (non-hydrogen) atoms. The summed E-state index contributed by atoms with van der Waals surface area (Å²) in [5, 5.41) is 6.93. The monoisotopic (exact) mass is 210 g/mol. The molecule has 84 valence electrons. The maximum atomic E-state index is 11.5. The molecule has 1 aromatic rings. The summed E-state index contributed by atoms with van der Waals surface area (Å²) < 4.78 is 0. The third-order valence-corrected chi connectivity index (χ3v) is 2.40. The Hall–Kier alpha value is -1.36. The van der Waals surface area contributed by atoms with E-state index in [9.17, 15) is 4.79 Å². The summed E-state index contributed by atoms with van der Waals surface area (Å²) in [6, 6.07) is 0. The van der Waals surface area contributed by atoms with Crippen LogP contribution in [0.2, 0.25) is 0 Å². The number of hydrogen-bond acceptors (Lipinski definition) is 3. The molecule has 1 amide bonds. The first-order valence-electron chi connectivity index (χ1n) is 5.25. The minimum absolute atomic E-state index is 0.271. The molecule has 0 aliphatic heterocycles. The normalized spacial score (nSPS) is 10.3. The predicted molar refractivity (Wildman–Crippen MR) is 58.2 cm³/mol. The Labute approximate surface area is 89.4 Å². The third-order valence-electron chi connectivity index (χ3n) is 2.40. The molecule has 0 aromatic carbocycles. The predicted octanol–water partition coefficient (Wildman–Crippen LogP) is 1.05. The van der Waals surface area contributed by atoms with Crippen molar-refractivity contribution in [3.8, 4) is 0 Å². The highest BCUT2D eigenvalue weighted by molar-refractivity contribution is 5.95. The molecule has 0 saturated heterocycles. The summed E-state index contributed by atoms with van der Waals surface area (Å²) in [6.45, 7) is 3.96. The molecule has 0 unspecified atom stereocenters. The fourth-order valence-corrected chi connectivity index (χ4v) is 1.58. The average molecular weight is 210 g/mol. The van der Waals surface area contributed by atoms with Crippen LogP contribution in [0.4, 0.5) is 0 Å². The van der Waals surface area contributed by atoms with Crippen LogP contribution in [-0.2, 0) is 6.42 Å². The first kappa shape index (κ1) is 11.7. The fourth-order valence-electron chi connectivity index (χ4n) is 1.58. The SMILES string of the molecule is CCCCCc1n[nH]c(C)c1C(=O)NN. The number of carbonyl (C=O) groups excluding carboxylic acids is 1. The van der Waals surface area contributed by atoms with Gasteiger partial charge in [-0.05, 0) is 19.8 Å². The Morgan fingerprint density at radius 1 is 1.53 bits per heavy atom. The number of unbranched alkanes of at least 4 members (excludes halogenated alkanes) is 2. The molecule has 1 aromatic heterocycles. The molecule has 0 bridgehead atoms. The van der Waals surface area contributed by atoms with Crippen molar-refractivity contribution in [2.75, 3.05) is 0 Å². The fraction of sp³-hybridized carbons (Fsp3) is 0.600. The van der Waals surface area contributed by atoms with Gasteiger partial charge in [-0.3, -0.25) is 15.3 Å². The van der Waals surface area contributed by atoms with E-state index in [1.165, 1.54) is 0 Å². The summed E-state index contributed by atoms with van der Waals surface area (Å²) in [4.78, 5) is 11.5. The molecule has 0 aliphatic carbocycles. The zero-order chi connectivity index (χ0) is 11.3. The number of nitrogens with two attached hydrogens (primary N) is 1. The second-order valence-corrected chi connectivity index (χ2v) is 3.60. The number of hydrogen-bond donors (Lipinski definition) is 3. The summed E-state index contributed by atoms with van der Waals surface area (Å²) in [5.41, 5.74) is 4.31. The molecule has 1 rings (SSSR count). The summed E-state index contributed by atoms with van der Waals surface area (Å²) >= 11 is 0. The molecule has 0 saturated carbocycles. The van der Waals surface area contributed by atoms with E-state index in [1.54, 1.807) is 0 Å². The highest BCUT2D eigenvalue weighted by Crippen LogP contribution is 2.13. The van der Waals surface area contributed by atoms with Crippen molar-refractivity contribution in [2.45, 2.75) is 39.5 Å². The summed E-state index contributed by atoms with van der Waals surface area (Å²) in [5.74, 6) is 4.84. The van der Waals surface area contributed by atoms with Crippen molar-refractivity contribution in [1.29, 1.82) is 0 Å². The van der Waals surface area contributed by atoms with Crippen molar-refractivity contribution in [3.63, 3.8) is 0 Å². The van der Waals surface area contributed by atoms with E-state index >= 15 is 0 Å². The standard InChI is InChI=1S/C10H18N4O/c1-3-4-5-6-8-9(10(15)12-11)7(2)13-14-8/h3-6,11H2,1-2H3,(H,12,15)(H,13,14). The van der Waals surface area contributed by atoms with Crippen LogP contribution in [0, 0.1) is 6.92 Å². The van der Waals surface area contributed by atoms with Crippen LogP contribution in [0.25, 0.3) is 0 Å². The molecule has 1 heterocycles. The van der Waals surface area contributed by atoms with Gasteiger partial charge < -0.3 is 0 Å². The molecule has 5 heteroatoms. The van der Waals surface area contributed by atoms with Crippen LogP contribution in [0.1, 0.15) is 47.9 Å². The average Bonchev–Trinajstić information content (AvgIpc) is 2.59. The van der Waals surface area contributed by atoms with Gasteiger partial charge in [0, 0.05) is 5.69 Å². The van der Waals surface area contributed by atoms with E-state index in [4.69, 9.17) is 5.84 Å². The van der Waals surface area contributed by atoms with Crippen LogP contribution in [0.5, 0.6) is 0 Å². The minimum atomic E-state index is -0.271. The quantitative estimate of drug-likeness (QED) is 0.294. The van der Waals surface area contributed by atoms with Crippen LogP contribution in [0.3, 0.4) is 0 Å². The van der Waals surface area contributed by atoms with E-state index in [1.807, 2.05) is 6.92 Å². The van der Waals surface area contributed by atoms with Crippen LogP contribution in [-0.4, -0.2) is 16.1 Å². The van der Waals surface area contributed by atoms with Crippen LogP contribution < -0.4 is 11.3 Å². The molecule has 0 fully saturated rings. The Morgan fingerprint density at radius 3 is 2.87 bits per heavy atom. The lowest BCUT2D eigenvalue weighted by Gasteiger charge is -2.01. The molecule has 0 radical (unpaired) electrons. The highest BCUT2D eigenvalue weighted by Gasteiger charge is 2.16. The number of aromatic nitrogens is 2. The molecular formula is C10H18N4O. The topological polar surface area (TPSA) is 83.8 Å². The molecule has 0 spiro atoms. The van der Waals surface area contributed by atoms with Crippen molar-refractivity contribution < 1.29 is 4.79 Å². The van der Waals surface area contributed by atoms with Gasteiger partial charge in [0.1, 0.15) is 0 Å². The number of hydrazine groups is 1. The Morgan fingerprint density at radius 2 is 2.27 bits per heavy atom. The second-order valence-electron chi connectivity index (χ2n) is 3.60. The van der Waals surface area contributed by atoms with Gasteiger partial charge in [-0.1, -0.05) is 19.8 Å². The van der Waals surface area contributed by atoms with Crippen molar-refractivity contribution in [1.82, 2.24) is 15.6 Å². The number of H-pyrrole nitrogens is 1. The van der Waals surface area contributed by atoms with Crippen LogP contribution >= 0.6 is 0 Å². The maximum Gasteiger partial charge on any atom is 0.268 e. The lowest BCUT2D eigenvalue weighted by Crippen LogP contribution is -2.31.